The van der Waals surface area contributed by atoms with Gasteiger partial charge in [0, 0.05) is 10.5 Å². The summed E-state index contributed by atoms with van der Waals surface area (Å²) in [5.74, 6) is 1.70. The Balaban J connectivity index is 2.24. The maximum Gasteiger partial charge on any atom is 0.119 e. The molecule has 20 heavy (non-hydrogen) atoms. The molecule has 112 valence electrons. The molecule has 2 rings (SSSR count). The summed E-state index contributed by atoms with van der Waals surface area (Å²) in [6.07, 6.45) is 7.99. The predicted octanol–water partition coefficient (Wildman–Crippen LogP) is 5.08. The van der Waals surface area contributed by atoms with Gasteiger partial charge in [0.05, 0.1) is 7.11 Å². The number of ether oxygens (including phenoxy) is 1. The molecule has 1 aliphatic rings. The molecule has 2 nitrogen and oxygen atoms in total. The van der Waals surface area contributed by atoms with Gasteiger partial charge >= 0.3 is 0 Å². The first-order chi connectivity index (χ1) is 9.76. The van der Waals surface area contributed by atoms with Crippen molar-refractivity contribution in [2.75, 3.05) is 13.7 Å². The third-order valence-corrected chi connectivity index (χ3v) is 5.00. The highest BCUT2D eigenvalue weighted by Crippen LogP contribution is 2.38. The molecular weight excluding hydrogens is 314 g/mol. The van der Waals surface area contributed by atoms with Gasteiger partial charge in [0.2, 0.25) is 0 Å². The Morgan fingerprint density at radius 3 is 2.70 bits per heavy atom. The molecule has 1 aliphatic carbocycles. The van der Waals surface area contributed by atoms with E-state index in [9.17, 15) is 0 Å². The van der Waals surface area contributed by atoms with Gasteiger partial charge in [0.15, 0.2) is 0 Å². The topological polar surface area (TPSA) is 21.3 Å². The molecule has 1 N–H and O–H groups in total. The monoisotopic (exact) mass is 339 g/mol. The average molecular weight is 340 g/mol. The zero-order valence-electron chi connectivity index (χ0n) is 12.6. The quantitative estimate of drug-likeness (QED) is 0.780. The van der Waals surface area contributed by atoms with Gasteiger partial charge < -0.3 is 10.1 Å². The molecule has 1 atom stereocenters. The van der Waals surface area contributed by atoms with Gasteiger partial charge in [0.25, 0.3) is 0 Å². The second-order valence-electron chi connectivity index (χ2n) is 5.72. The van der Waals surface area contributed by atoms with E-state index in [1.807, 2.05) is 6.07 Å². The number of rotatable bonds is 6. The SMILES string of the molecule is CCCNC(c1cc(OC)ccc1Br)C1CCCCC1. The summed E-state index contributed by atoms with van der Waals surface area (Å²) < 4.78 is 6.60. The molecule has 1 fully saturated rings. The van der Waals surface area contributed by atoms with Crippen molar-refractivity contribution in [3.8, 4) is 5.75 Å². The highest BCUT2D eigenvalue weighted by Gasteiger charge is 2.26. The minimum Gasteiger partial charge on any atom is -0.497 e. The van der Waals surface area contributed by atoms with E-state index in [0.29, 0.717) is 6.04 Å². The van der Waals surface area contributed by atoms with Crippen LogP contribution in [0.1, 0.15) is 57.1 Å². The molecule has 1 saturated carbocycles. The van der Waals surface area contributed by atoms with Gasteiger partial charge in [-0.1, -0.05) is 42.1 Å². The van der Waals surface area contributed by atoms with Crippen molar-refractivity contribution in [3.63, 3.8) is 0 Å². The van der Waals surface area contributed by atoms with Crippen LogP contribution in [-0.2, 0) is 0 Å². The molecule has 0 spiro atoms. The van der Waals surface area contributed by atoms with Crippen LogP contribution in [0.4, 0.5) is 0 Å². The van der Waals surface area contributed by atoms with E-state index in [1.54, 1.807) is 7.11 Å². The summed E-state index contributed by atoms with van der Waals surface area (Å²) in [7, 11) is 1.74. The van der Waals surface area contributed by atoms with Crippen LogP contribution in [-0.4, -0.2) is 13.7 Å². The maximum atomic E-state index is 5.40. The van der Waals surface area contributed by atoms with E-state index < -0.39 is 0 Å². The van der Waals surface area contributed by atoms with Crippen molar-refractivity contribution >= 4 is 15.9 Å². The molecule has 0 heterocycles. The lowest BCUT2D eigenvalue weighted by Gasteiger charge is -2.32. The third kappa shape index (κ3) is 3.98. The Kier molecular flexibility index (Phi) is 6.37. The molecule has 0 aliphatic heterocycles. The summed E-state index contributed by atoms with van der Waals surface area (Å²) in [5.41, 5.74) is 1.35. The van der Waals surface area contributed by atoms with E-state index in [1.165, 1.54) is 48.6 Å². The standard InChI is InChI=1S/C17H26BrNO/c1-3-11-19-17(13-7-5-4-6-8-13)15-12-14(20-2)9-10-16(15)18/h9-10,12-13,17,19H,3-8,11H2,1-2H3. The van der Waals surface area contributed by atoms with Gasteiger partial charge in [-0.25, -0.2) is 0 Å². The Morgan fingerprint density at radius 1 is 1.30 bits per heavy atom. The normalized spacial score (nSPS) is 17.9. The van der Waals surface area contributed by atoms with Crippen molar-refractivity contribution in [1.82, 2.24) is 5.32 Å². The Hall–Kier alpha value is -0.540. The summed E-state index contributed by atoms with van der Waals surface area (Å²) in [4.78, 5) is 0. The lowest BCUT2D eigenvalue weighted by atomic mass is 9.81. The van der Waals surface area contributed by atoms with Gasteiger partial charge in [-0.2, -0.15) is 0 Å². The Labute approximate surface area is 131 Å². The van der Waals surface area contributed by atoms with Crippen LogP contribution in [0.2, 0.25) is 0 Å². The number of hydrogen-bond donors (Lipinski definition) is 1. The summed E-state index contributed by atoms with van der Waals surface area (Å²) in [5, 5.41) is 3.76. The second-order valence-corrected chi connectivity index (χ2v) is 6.57. The van der Waals surface area contributed by atoms with Gasteiger partial charge in [-0.3, -0.25) is 0 Å². The molecule has 1 unspecified atom stereocenters. The molecule has 0 bridgehead atoms. The first-order valence-corrected chi connectivity index (χ1v) is 8.62. The molecule has 1 aromatic carbocycles. The van der Waals surface area contributed by atoms with Crippen molar-refractivity contribution in [1.29, 1.82) is 0 Å². The molecule has 1 aromatic rings. The van der Waals surface area contributed by atoms with Crippen molar-refractivity contribution in [2.45, 2.75) is 51.5 Å². The lowest BCUT2D eigenvalue weighted by molar-refractivity contribution is 0.270. The number of nitrogens with one attached hydrogen (secondary N) is 1. The van der Waals surface area contributed by atoms with Gasteiger partial charge in [-0.05, 0) is 55.5 Å². The molecule has 0 radical (unpaired) electrons. The third-order valence-electron chi connectivity index (χ3n) is 4.27. The Morgan fingerprint density at radius 2 is 2.05 bits per heavy atom. The van der Waals surface area contributed by atoms with Crippen LogP contribution in [0.5, 0.6) is 5.75 Å². The van der Waals surface area contributed by atoms with E-state index in [-0.39, 0.29) is 0 Å². The van der Waals surface area contributed by atoms with E-state index >= 15 is 0 Å². The van der Waals surface area contributed by atoms with Crippen LogP contribution in [0.3, 0.4) is 0 Å². The summed E-state index contributed by atoms with van der Waals surface area (Å²) >= 11 is 3.72. The number of benzene rings is 1. The van der Waals surface area contributed by atoms with Crippen LogP contribution >= 0.6 is 15.9 Å². The smallest absolute Gasteiger partial charge is 0.119 e. The number of hydrogen-bond acceptors (Lipinski definition) is 2. The fraction of sp³-hybridized carbons (Fsp3) is 0.647. The largest absolute Gasteiger partial charge is 0.497 e. The van der Waals surface area contributed by atoms with Crippen molar-refractivity contribution in [3.05, 3.63) is 28.2 Å². The highest BCUT2D eigenvalue weighted by atomic mass is 79.9. The van der Waals surface area contributed by atoms with Crippen LogP contribution in [0.15, 0.2) is 22.7 Å². The zero-order chi connectivity index (χ0) is 14.4. The molecule has 0 amide bonds. The van der Waals surface area contributed by atoms with Crippen molar-refractivity contribution in [2.24, 2.45) is 5.92 Å². The number of methoxy groups -OCH3 is 1. The van der Waals surface area contributed by atoms with E-state index in [4.69, 9.17) is 4.74 Å². The summed E-state index contributed by atoms with van der Waals surface area (Å²) in [6, 6.07) is 6.76. The fourth-order valence-electron chi connectivity index (χ4n) is 3.19. The maximum absolute atomic E-state index is 5.40. The molecule has 0 saturated heterocycles. The molecular formula is C17H26BrNO. The average Bonchev–Trinajstić information content (AvgIpc) is 2.50. The van der Waals surface area contributed by atoms with Crippen molar-refractivity contribution < 1.29 is 4.74 Å². The lowest BCUT2D eigenvalue weighted by Crippen LogP contribution is -2.30. The first-order valence-electron chi connectivity index (χ1n) is 7.83. The summed E-state index contributed by atoms with van der Waals surface area (Å²) in [6.45, 7) is 3.30. The van der Waals surface area contributed by atoms with Crippen LogP contribution in [0.25, 0.3) is 0 Å². The highest BCUT2D eigenvalue weighted by molar-refractivity contribution is 9.10. The molecule has 3 heteroatoms. The van der Waals surface area contributed by atoms with Gasteiger partial charge in [-0.15, -0.1) is 0 Å². The van der Waals surface area contributed by atoms with Gasteiger partial charge in [0.1, 0.15) is 5.75 Å². The van der Waals surface area contributed by atoms with E-state index in [0.717, 1.165) is 18.2 Å². The zero-order valence-corrected chi connectivity index (χ0v) is 14.2. The fourth-order valence-corrected chi connectivity index (χ4v) is 3.68. The van der Waals surface area contributed by atoms with E-state index in [2.05, 4.69) is 40.3 Å². The first kappa shape index (κ1) is 15.8. The minimum absolute atomic E-state index is 0.444. The number of halogens is 1. The molecule has 0 aromatic heterocycles. The van der Waals surface area contributed by atoms with Crippen LogP contribution in [0, 0.1) is 5.92 Å². The predicted molar refractivity (Wildman–Crippen MR) is 88.3 cm³/mol. The van der Waals surface area contributed by atoms with Crippen LogP contribution < -0.4 is 10.1 Å². The second kappa shape index (κ2) is 8.04. The minimum atomic E-state index is 0.444. The Bertz CT molecular complexity index is 415.